The normalized spacial score (nSPS) is 14.4. The molecule has 0 bridgehead atoms. The SMILES string of the molecule is CC/C=C\C/C=C\C/C=C\C/C=C\C/C=C\C/C=C\C/C=C\C/C=C\CCCCCCCCC(=O)OC(COC(=O)CCCCCCCC/C=C\C/C=C\C/C=C\C/C=C\CC)COP(=O)(O)OCC[N+](C)(C)C. The fourth-order valence-electron chi connectivity index (χ4n) is 7.02. The van der Waals surface area contributed by atoms with Crippen LogP contribution in [0.2, 0.25) is 0 Å². The van der Waals surface area contributed by atoms with Crippen LogP contribution in [0.5, 0.6) is 0 Å². The standard InChI is InChI=1S/C64H104NO8P/c1-6-8-10-12-14-16-18-20-22-24-26-27-28-29-30-31-32-33-34-35-36-37-39-41-43-45-47-49-51-53-55-57-64(67)73-62(61-72-74(68,69)71-59-58-65(3,4)5)60-70-63(66)56-54-52-50-48-46-44-42-40-38-25-23-21-19-17-15-13-11-9-7-2/h8-11,14-17,20-23,26-27,29-30,32-33,35-36,38-41,62H,6-7,12-13,18-19,24-25,28,31,34,37,42-61H2,1-5H3/p+1/b10-8-,11-9-,16-14-,17-15-,22-20-,23-21-,27-26-,30-29-,33-32-,36-35-,40-38-,41-39-. The first-order valence-electron chi connectivity index (χ1n) is 28.6. The van der Waals surface area contributed by atoms with Gasteiger partial charge < -0.3 is 18.9 Å². The van der Waals surface area contributed by atoms with Gasteiger partial charge >= 0.3 is 19.8 Å². The van der Waals surface area contributed by atoms with Crippen LogP contribution >= 0.6 is 7.82 Å². The predicted molar refractivity (Wildman–Crippen MR) is 316 cm³/mol. The molecule has 0 amide bonds. The van der Waals surface area contributed by atoms with Crippen LogP contribution in [0.15, 0.2) is 146 Å². The molecule has 2 atom stereocenters. The van der Waals surface area contributed by atoms with E-state index in [0.717, 1.165) is 154 Å². The summed E-state index contributed by atoms with van der Waals surface area (Å²) >= 11 is 0. The Morgan fingerprint density at radius 2 is 0.730 bits per heavy atom. The van der Waals surface area contributed by atoms with Crippen LogP contribution < -0.4 is 0 Å². The second-order valence-corrected chi connectivity index (χ2v) is 21.0. The number of esters is 2. The molecule has 74 heavy (non-hydrogen) atoms. The molecular formula is C64H105NO8P+. The van der Waals surface area contributed by atoms with Crippen LogP contribution in [0, 0.1) is 0 Å². The third-order valence-corrected chi connectivity index (χ3v) is 12.3. The Balaban J connectivity index is 4.28. The average Bonchev–Trinajstić information content (AvgIpc) is 3.36. The van der Waals surface area contributed by atoms with E-state index in [-0.39, 0.29) is 26.1 Å². The van der Waals surface area contributed by atoms with E-state index in [0.29, 0.717) is 23.9 Å². The third kappa shape index (κ3) is 57.2. The number of hydrogen-bond donors (Lipinski definition) is 1. The van der Waals surface area contributed by atoms with E-state index in [2.05, 4.69) is 160 Å². The minimum atomic E-state index is -4.40. The van der Waals surface area contributed by atoms with E-state index in [9.17, 15) is 19.0 Å². The van der Waals surface area contributed by atoms with Crippen molar-refractivity contribution in [1.29, 1.82) is 0 Å². The fourth-order valence-corrected chi connectivity index (χ4v) is 7.76. The van der Waals surface area contributed by atoms with Crippen molar-refractivity contribution in [3.63, 3.8) is 0 Å². The second-order valence-electron chi connectivity index (χ2n) is 19.6. The van der Waals surface area contributed by atoms with E-state index in [1.165, 1.54) is 0 Å². The quantitative estimate of drug-likeness (QED) is 0.0211. The van der Waals surface area contributed by atoms with Crippen molar-refractivity contribution < 1.29 is 42.1 Å². The zero-order valence-electron chi connectivity index (χ0n) is 47.3. The predicted octanol–water partition coefficient (Wildman–Crippen LogP) is 17.9. The molecule has 0 aliphatic rings. The Bertz CT molecular complexity index is 1760. The van der Waals surface area contributed by atoms with Gasteiger partial charge in [0.15, 0.2) is 6.10 Å². The number of quaternary nitrogens is 1. The number of likely N-dealkylation sites (N-methyl/N-ethyl adjacent to an activating group) is 1. The van der Waals surface area contributed by atoms with E-state index in [4.69, 9.17) is 18.5 Å². The lowest BCUT2D eigenvalue weighted by molar-refractivity contribution is -0.870. The van der Waals surface area contributed by atoms with Gasteiger partial charge in [-0.05, 0) is 116 Å². The van der Waals surface area contributed by atoms with Crippen molar-refractivity contribution in [2.24, 2.45) is 0 Å². The van der Waals surface area contributed by atoms with Gasteiger partial charge in [-0.3, -0.25) is 18.6 Å². The number of phosphoric ester groups is 1. The number of hydrogen-bond acceptors (Lipinski definition) is 7. The molecule has 418 valence electrons. The number of ether oxygens (including phenoxy) is 2. The van der Waals surface area contributed by atoms with Crippen LogP contribution in [-0.2, 0) is 32.7 Å². The molecule has 0 fully saturated rings. The summed E-state index contributed by atoms with van der Waals surface area (Å²) in [6.45, 7) is 4.14. The number of carbonyl (C=O) groups excluding carboxylic acids is 2. The number of allylic oxidation sites excluding steroid dienone is 24. The van der Waals surface area contributed by atoms with Gasteiger partial charge in [-0.15, -0.1) is 0 Å². The van der Waals surface area contributed by atoms with E-state index in [1.807, 2.05) is 21.1 Å². The lowest BCUT2D eigenvalue weighted by Crippen LogP contribution is -2.37. The number of nitrogens with zero attached hydrogens (tertiary/aromatic N) is 1. The highest BCUT2D eigenvalue weighted by molar-refractivity contribution is 7.47. The van der Waals surface area contributed by atoms with Crippen LogP contribution in [0.25, 0.3) is 0 Å². The monoisotopic (exact) mass is 1050 g/mol. The van der Waals surface area contributed by atoms with E-state index >= 15 is 0 Å². The van der Waals surface area contributed by atoms with Gasteiger partial charge in [-0.2, -0.15) is 0 Å². The van der Waals surface area contributed by atoms with Crippen molar-refractivity contribution in [3.8, 4) is 0 Å². The zero-order valence-corrected chi connectivity index (χ0v) is 48.2. The van der Waals surface area contributed by atoms with Crippen molar-refractivity contribution in [1.82, 2.24) is 0 Å². The summed E-state index contributed by atoms with van der Waals surface area (Å²) in [5.41, 5.74) is 0. The maximum Gasteiger partial charge on any atom is 0.472 e. The Kier molecular flexibility index (Phi) is 50.7. The molecule has 10 heteroatoms. The molecule has 0 aromatic heterocycles. The molecule has 0 radical (unpaired) electrons. The molecule has 2 unspecified atom stereocenters. The van der Waals surface area contributed by atoms with Gasteiger partial charge in [0.05, 0.1) is 27.7 Å². The maximum atomic E-state index is 12.8. The fraction of sp³-hybridized carbons (Fsp3) is 0.594. The lowest BCUT2D eigenvalue weighted by atomic mass is 10.1. The molecule has 0 saturated heterocycles. The van der Waals surface area contributed by atoms with Gasteiger partial charge in [0.25, 0.3) is 0 Å². The van der Waals surface area contributed by atoms with Crippen molar-refractivity contribution in [2.75, 3.05) is 47.5 Å². The van der Waals surface area contributed by atoms with Gasteiger partial charge in [-0.1, -0.05) is 211 Å². The Morgan fingerprint density at radius 3 is 1.08 bits per heavy atom. The first kappa shape index (κ1) is 69.9. The van der Waals surface area contributed by atoms with Crippen molar-refractivity contribution >= 4 is 19.8 Å². The minimum absolute atomic E-state index is 0.0170. The average molecular weight is 1050 g/mol. The molecule has 0 rings (SSSR count). The zero-order chi connectivity index (χ0) is 54.2. The molecule has 0 aromatic rings. The highest BCUT2D eigenvalue weighted by Gasteiger charge is 2.27. The molecule has 9 nitrogen and oxygen atoms in total. The molecule has 0 aliphatic carbocycles. The highest BCUT2D eigenvalue weighted by Crippen LogP contribution is 2.43. The highest BCUT2D eigenvalue weighted by atomic mass is 31.2. The van der Waals surface area contributed by atoms with Crippen LogP contribution in [-0.4, -0.2) is 74.9 Å². The first-order chi connectivity index (χ1) is 36.0. The molecule has 0 saturated carbocycles. The van der Waals surface area contributed by atoms with Gasteiger partial charge in [0.1, 0.15) is 19.8 Å². The summed E-state index contributed by atoms with van der Waals surface area (Å²) < 4.78 is 34.5. The molecule has 1 N–H and O–H groups in total. The molecule has 0 aliphatic heterocycles. The summed E-state index contributed by atoms with van der Waals surface area (Å²) in [4.78, 5) is 35.7. The van der Waals surface area contributed by atoms with Crippen LogP contribution in [0.4, 0.5) is 0 Å². The third-order valence-electron chi connectivity index (χ3n) is 11.4. The largest absolute Gasteiger partial charge is 0.472 e. The summed E-state index contributed by atoms with van der Waals surface area (Å²) in [6.07, 6.45) is 79.1. The Labute approximate surface area is 453 Å². The van der Waals surface area contributed by atoms with Gasteiger partial charge in [-0.25, -0.2) is 4.57 Å². The maximum absolute atomic E-state index is 12.8. The van der Waals surface area contributed by atoms with Crippen LogP contribution in [0.3, 0.4) is 0 Å². The Hall–Kier alpha value is -4.11. The molecular weight excluding hydrogens is 942 g/mol. The number of phosphoric acid groups is 1. The smallest absolute Gasteiger partial charge is 0.462 e. The second kappa shape index (κ2) is 53.7. The summed E-state index contributed by atoms with van der Waals surface area (Å²) in [7, 11) is 1.43. The topological polar surface area (TPSA) is 108 Å². The first-order valence-corrected chi connectivity index (χ1v) is 30.1. The van der Waals surface area contributed by atoms with Crippen LogP contribution in [0.1, 0.15) is 194 Å². The lowest BCUT2D eigenvalue weighted by Gasteiger charge is -2.24. The molecule has 0 aromatic carbocycles. The summed E-state index contributed by atoms with van der Waals surface area (Å²) in [5, 5.41) is 0. The van der Waals surface area contributed by atoms with Crippen molar-refractivity contribution in [3.05, 3.63) is 146 Å². The van der Waals surface area contributed by atoms with E-state index in [1.54, 1.807) is 0 Å². The summed E-state index contributed by atoms with van der Waals surface area (Å²) in [5.74, 6) is -0.844. The van der Waals surface area contributed by atoms with Gasteiger partial charge in [0, 0.05) is 12.8 Å². The molecule has 0 spiro atoms. The van der Waals surface area contributed by atoms with E-state index < -0.39 is 32.5 Å². The summed E-state index contributed by atoms with van der Waals surface area (Å²) in [6, 6.07) is 0. The minimum Gasteiger partial charge on any atom is -0.462 e. The Morgan fingerprint density at radius 1 is 0.419 bits per heavy atom. The number of carbonyl (C=O) groups is 2. The van der Waals surface area contributed by atoms with Gasteiger partial charge in [0.2, 0.25) is 0 Å². The number of rotatable bonds is 50. The van der Waals surface area contributed by atoms with Crippen molar-refractivity contribution in [2.45, 2.75) is 200 Å². The number of unbranched alkanes of at least 4 members (excludes halogenated alkanes) is 12. The molecule has 0 heterocycles.